The predicted octanol–water partition coefficient (Wildman–Crippen LogP) is 8.79. The first-order chi connectivity index (χ1) is 15.0. The van der Waals surface area contributed by atoms with Gasteiger partial charge >= 0.3 is 33.0 Å². The van der Waals surface area contributed by atoms with E-state index in [1.54, 1.807) is 0 Å². The van der Waals surface area contributed by atoms with Crippen LogP contribution >= 0.6 is 20.4 Å². The van der Waals surface area contributed by atoms with Crippen LogP contribution < -0.4 is 0 Å². The van der Waals surface area contributed by atoms with Gasteiger partial charge in [-0.25, -0.2) is 0 Å². The summed E-state index contributed by atoms with van der Waals surface area (Å²) in [7, 11) is 7.91. The molecule has 2 rings (SSSR count). The Hall–Kier alpha value is -0.970. The second kappa shape index (κ2) is 14.3. The van der Waals surface area contributed by atoms with Crippen LogP contribution in [0.3, 0.4) is 0 Å². The van der Waals surface area contributed by atoms with Crippen LogP contribution in [0, 0.1) is 27.7 Å². The van der Waals surface area contributed by atoms with Gasteiger partial charge in [-0.1, -0.05) is 36.4 Å². The van der Waals surface area contributed by atoms with Gasteiger partial charge < -0.3 is 4.43 Å². The van der Waals surface area contributed by atoms with Crippen molar-refractivity contribution in [1.82, 2.24) is 0 Å². The van der Waals surface area contributed by atoms with Gasteiger partial charge in [-0.2, -0.15) is 0 Å². The Bertz CT molecular complexity index is 900. The van der Waals surface area contributed by atoms with Gasteiger partial charge in [0.1, 0.15) is 0 Å². The van der Waals surface area contributed by atoms with Crippen molar-refractivity contribution in [2.24, 2.45) is 9.98 Å². The van der Waals surface area contributed by atoms with Crippen molar-refractivity contribution in [2.45, 2.75) is 67.1 Å². The fraction of sp³-hybridized carbons (Fsp3) is 0.440. The van der Waals surface area contributed by atoms with E-state index < -0.39 is 8.32 Å². The van der Waals surface area contributed by atoms with E-state index in [0.29, 0.717) is 12.7 Å². The molecule has 3 nitrogen and oxygen atoms in total. The summed E-state index contributed by atoms with van der Waals surface area (Å²) in [4.78, 5) is 10.1. The van der Waals surface area contributed by atoms with Crippen LogP contribution in [-0.2, 0) is 17.1 Å². The molecule has 0 atom stereocenters. The van der Waals surface area contributed by atoms with Gasteiger partial charge in [-0.3, -0.25) is 9.98 Å². The second-order valence-corrected chi connectivity index (χ2v) is 15.0. The second-order valence-electron chi connectivity index (χ2n) is 8.85. The third-order valence-corrected chi connectivity index (χ3v) is 5.99. The van der Waals surface area contributed by atoms with E-state index in [4.69, 9.17) is 34.8 Å². The maximum atomic E-state index is 6.06. The van der Waals surface area contributed by atoms with Gasteiger partial charge in [0, 0.05) is 6.61 Å². The van der Waals surface area contributed by atoms with Crippen molar-refractivity contribution >= 4 is 51.5 Å². The Labute approximate surface area is 210 Å². The zero-order chi connectivity index (χ0) is 24.3. The van der Waals surface area contributed by atoms with Crippen molar-refractivity contribution < 1.29 is 17.1 Å². The first kappa shape index (κ1) is 29.1. The van der Waals surface area contributed by atoms with Crippen molar-refractivity contribution in [2.75, 3.05) is 6.61 Å². The van der Waals surface area contributed by atoms with E-state index in [-0.39, 0.29) is 0 Å². The Balaban J connectivity index is 0.00000161. The summed E-state index contributed by atoms with van der Waals surface area (Å²) in [5, 5.41) is 0. The summed E-state index contributed by atoms with van der Waals surface area (Å²) < 4.78 is 6.06. The molecule has 0 aliphatic carbocycles. The monoisotopic (exact) mass is 536 g/mol. The molecule has 0 aromatic heterocycles. The third-order valence-electron chi connectivity index (χ3n) is 4.92. The molecule has 0 aliphatic heterocycles. The number of halogens is 2. The van der Waals surface area contributed by atoms with E-state index in [9.17, 15) is 0 Å². The third kappa shape index (κ3) is 10.3. The van der Waals surface area contributed by atoms with E-state index >= 15 is 0 Å². The number of hydrogen-bond donors (Lipinski definition) is 0. The van der Waals surface area contributed by atoms with Gasteiger partial charge in [-0.05, 0) is 89.4 Å². The summed E-state index contributed by atoms with van der Waals surface area (Å²) in [6, 6.07) is 12.6. The molecule has 0 radical (unpaired) electrons. The summed E-state index contributed by atoms with van der Waals surface area (Å²) >= 11 is 0.569. The Morgan fingerprint density at radius 1 is 0.844 bits per heavy atom. The molecule has 0 bridgehead atoms. The first-order valence-corrected chi connectivity index (χ1v) is 16.8. The van der Waals surface area contributed by atoms with Crippen LogP contribution in [0.1, 0.15) is 42.0 Å². The van der Waals surface area contributed by atoms with Crippen LogP contribution in [0.15, 0.2) is 46.4 Å². The van der Waals surface area contributed by atoms with Crippen LogP contribution in [0.5, 0.6) is 0 Å². The van der Waals surface area contributed by atoms with Gasteiger partial charge in [0.15, 0.2) is 8.32 Å². The summed E-state index contributed by atoms with van der Waals surface area (Å²) in [5.74, 6) is 0. The number of nitrogens with zero attached hydrogens (tertiary/aromatic N) is 2. The number of aryl methyl sites for hydroxylation is 4. The molecular formula is C25H36Cl2N2NiOSi. The number of hydrogen-bond acceptors (Lipinski definition) is 3. The van der Waals surface area contributed by atoms with Crippen molar-refractivity contribution in [3.63, 3.8) is 0 Å². The van der Waals surface area contributed by atoms with Crippen LogP contribution in [0.2, 0.25) is 19.6 Å². The fourth-order valence-corrected chi connectivity index (χ4v) is 4.02. The van der Waals surface area contributed by atoms with Crippen LogP contribution in [-0.4, -0.2) is 26.3 Å². The van der Waals surface area contributed by atoms with Gasteiger partial charge in [0.2, 0.25) is 0 Å². The SMILES string of the molecule is CC(=Nc1c(C)cccc1C)C(CCCO[Si](C)(C)C)=Nc1c(C)cccc1C.[Cl][Ni][Cl]. The molecule has 32 heavy (non-hydrogen) atoms. The number of benzene rings is 2. The number of para-hydroxylation sites is 2. The van der Waals surface area contributed by atoms with Crippen molar-refractivity contribution in [3.05, 3.63) is 58.7 Å². The molecule has 2 aromatic rings. The minimum absolute atomic E-state index is 0.569. The molecule has 0 unspecified atom stereocenters. The average molecular weight is 538 g/mol. The van der Waals surface area contributed by atoms with Crippen LogP contribution in [0.4, 0.5) is 11.4 Å². The number of rotatable bonds is 8. The Kier molecular flexibility index (Phi) is 13.0. The maximum absolute atomic E-state index is 6.06. The number of aliphatic imine (C=N–C) groups is 2. The molecule has 0 saturated heterocycles. The standard InChI is InChI=1S/C25H36N2OSi.2ClH.Ni/c1-18-12-9-13-19(2)24(18)26-22(5)23(16-11-17-28-29(6,7)8)27-25-20(3)14-10-15-21(25)4;;;/h9-10,12-15H,11,16-17H2,1-8H3;2*1H;/q;;;+2/p-2. The zero-order valence-electron chi connectivity index (χ0n) is 20.5. The Morgan fingerprint density at radius 2 is 1.25 bits per heavy atom. The first-order valence-electron chi connectivity index (χ1n) is 10.7. The molecule has 7 heteroatoms. The van der Waals surface area contributed by atoms with E-state index in [2.05, 4.69) is 90.7 Å². The molecule has 2 aromatic carbocycles. The molecule has 0 spiro atoms. The molecule has 180 valence electrons. The molecule has 0 aliphatic rings. The normalized spacial score (nSPS) is 12.6. The van der Waals surface area contributed by atoms with Gasteiger partial charge in [0.25, 0.3) is 0 Å². The minimum atomic E-state index is -1.49. The Morgan fingerprint density at radius 3 is 1.66 bits per heavy atom. The summed E-state index contributed by atoms with van der Waals surface area (Å²) in [6.45, 7) is 18.0. The topological polar surface area (TPSA) is 34.0 Å². The molecule has 0 saturated carbocycles. The molecule has 0 N–H and O–H groups in total. The molecule has 0 fully saturated rings. The molecule has 0 amide bonds. The van der Waals surface area contributed by atoms with Crippen molar-refractivity contribution in [1.29, 1.82) is 0 Å². The zero-order valence-corrected chi connectivity index (χ0v) is 24.0. The quantitative estimate of drug-likeness (QED) is 0.188. The van der Waals surface area contributed by atoms with Gasteiger partial charge in [-0.15, -0.1) is 0 Å². The molecule has 0 heterocycles. The van der Waals surface area contributed by atoms with Crippen molar-refractivity contribution in [3.8, 4) is 0 Å². The summed E-state index contributed by atoms with van der Waals surface area (Å²) in [5.41, 5.74) is 8.92. The average Bonchev–Trinajstić information content (AvgIpc) is 2.69. The van der Waals surface area contributed by atoms with Crippen LogP contribution in [0.25, 0.3) is 0 Å². The van der Waals surface area contributed by atoms with Gasteiger partial charge in [0.05, 0.1) is 22.8 Å². The van der Waals surface area contributed by atoms with E-state index in [1.165, 1.54) is 22.3 Å². The predicted molar refractivity (Wildman–Crippen MR) is 142 cm³/mol. The molecular weight excluding hydrogens is 502 g/mol. The fourth-order valence-electron chi connectivity index (χ4n) is 3.27. The van der Waals surface area contributed by atoms with E-state index in [1.807, 2.05) is 0 Å². The summed E-state index contributed by atoms with van der Waals surface area (Å²) in [6.07, 6.45) is 1.81. The van der Waals surface area contributed by atoms with E-state index in [0.717, 1.165) is 42.2 Å².